The Morgan fingerprint density at radius 1 is 0.577 bits per heavy atom. The third-order valence-electron chi connectivity index (χ3n) is 9.40. The number of hydrogen-bond donors (Lipinski definition) is 0. The lowest BCUT2D eigenvalue weighted by atomic mass is 10.1. The number of anilines is 2. The van der Waals surface area contributed by atoms with Gasteiger partial charge in [0.1, 0.15) is 23.5 Å². The molecule has 52 heavy (non-hydrogen) atoms. The molecule has 2 aliphatic heterocycles. The maximum absolute atomic E-state index is 12.4. The van der Waals surface area contributed by atoms with Crippen LogP contribution >= 0.6 is 0 Å². The minimum atomic E-state index is -3.74. The first-order valence-electron chi connectivity index (χ1n) is 16.9. The second kappa shape index (κ2) is 12.9. The summed E-state index contributed by atoms with van der Waals surface area (Å²) in [5.74, 6) is 0. The number of nitrogens with zero attached hydrogens (tertiary/aromatic N) is 6. The topological polar surface area (TPSA) is 128 Å². The Balaban J connectivity index is 0.000000153. The first-order valence-corrected chi connectivity index (χ1v) is 20.2. The molecule has 0 radical (unpaired) electrons. The average Bonchev–Trinajstić information content (AvgIpc) is 3.60. The van der Waals surface area contributed by atoms with Gasteiger partial charge in [0.05, 0.1) is 33.2 Å². The maximum Gasteiger partial charge on any atom is 0.297 e. The Morgan fingerprint density at radius 2 is 1.02 bits per heavy atom. The van der Waals surface area contributed by atoms with Gasteiger partial charge in [0, 0.05) is 62.1 Å². The van der Waals surface area contributed by atoms with E-state index in [4.69, 9.17) is 13.4 Å². The number of fused-ring (bicyclic) bond motifs is 6. The summed E-state index contributed by atoms with van der Waals surface area (Å²) in [6, 6.07) is 27.2. The van der Waals surface area contributed by atoms with Gasteiger partial charge in [-0.2, -0.15) is 16.8 Å². The molecule has 2 saturated heterocycles. The number of benzene rings is 3. The molecule has 0 unspecified atom stereocenters. The zero-order valence-corrected chi connectivity index (χ0v) is 30.8. The summed E-state index contributed by atoms with van der Waals surface area (Å²) in [6.07, 6.45) is 4.49. The summed E-state index contributed by atoms with van der Waals surface area (Å²) in [7, 11) is -7.13. The highest BCUT2D eigenvalue weighted by Crippen LogP contribution is 2.29. The average molecular weight is 739 g/mol. The highest BCUT2D eigenvalue weighted by Gasteiger charge is 2.33. The summed E-state index contributed by atoms with van der Waals surface area (Å²) in [6.45, 7) is 8.25. The molecule has 0 aliphatic carbocycles. The predicted octanol–water partition coefficient (Wildman–Crippen LogP) is 5.66. The molecule has 2 aliphatic rings. The van der Waals surface area contributed by atoms with E-state index in [1.807, 2.05) is 55.7 Å². The van der Waals surface area contributed by atoms with Gasteiger partial charge in [-0.25, -0.2) is 9.97 Å². The smallest absolute Gasteiger partial charge is 0.297 e. The highest BCUT2D eigenvalue weighted by molar-refractivity contribution is 7.86. The molecular weight excluding hydrogens is 701 g/mol. The van der Waals surface area contributed by atoms with Crippen LogP contribution in [0.5, 0.6) is 0 Å². The molecule has 0 amide bonds. The Bertz CT molecular complexity index is 2700. The molecule has 0 atom stereocenters. The quantitative estimate of drug-likeness (QED) is 0.189. The van der Waals surface area contributed by atoms with Gasteiger partial charge >= 0.3 is 0 Å². The van der Waals surface area contributed by atoms with Gasteiger partial charge in [-0.3, -0.25) is 17.2 Å². The van der Waals surface area contributed by atoms with Crippen LogP contribution in [0.4, 0.5) is 11.4 Å². The molecule has 7 aromatic rings. The number of aryl methyl sites for hydroxylation is 3. The largest absolute Gasteiger partial charge is 0.366 e. The van der Waals surface area contributed by atoms with Crippen molar-refractivity contribution in [3.8, 4) is 0 Å². The van der Waals surface area contributed by atoms with Crippen molar-refractivity contribution in [3.05, 3.63) is 114 Å². The van der Waals surface area contributed by atoms with E-state index >= 15 is 0 Å². The van der Waals surface area contributed by atoms with Gasteiger partial charge < -0.3 is 9.80 Å². The molecular formula is C38H38N6O6S2. The number of hydrogen-bond acceptors (Lipinski definition) is 10. The lowest BCUT2D eigenvalue weighted by molar-refractivity contribution is 0.175. The standard InChI is InChI=1S/C22H21N3O3S.C16H17N3O3S/c1-15-3-6-19(7-4-15)29(26,27)28-18-13-24(14-18)17-9-10-25-21-11-16(2)5-8-20(21)23-22(25)12-17;1-11-3-4-14-15(7-11)19-6-5-12(8-16(19)17-14)18-9-13(10-18)22-23(2,20)21/h3-12,18H,13-14H2,1-2H3;3-8,13H,9-10H2,1-2H3. The van der Waals surface area contributed by atoms with Crippen LogP contribution in [0.3, 0.4) is 0 Å². The highest BCUT2D eigenvalue weighted by atomic mass is 32.2. The second-order valence-corrected chi connectivity index (χ2v) is 16.8. The molecule has 0 bridgehead atoms. The van der Waals surface area contributed by atoms with Crippen molar-refractivity contribution in [3.63, 3.8) is 0 Å². The van der Waals surface area contributed by atoms with E-state index in [1.165, 1.54) is 11.1 Å². The van der Waals surface area contributed by atoms with Crippen LogP contribution in [-0.4, -0.2) is 80.2 Å². The van der Waals surface area contributed by atoms with Crippen LogP contribution in [-0.2, 0) is 28.6 Å². The van der Waals surface area contributed by atoms with Crippen molar-refractivity contribution in [1.29, 1.82) is 0 Å². The zero-order valence-electron chi connectivity index (χ0n) is 29.2. The monoisotopic (exact) mass is 738 g/mol. The van der Waals surface area contributed by atoms with Crippen LogP contribution in [0, 0.1) is 20.8 Å². The van der Waals surface area contributed by atoms with Crippen molar-refractivity contribution in [2.75, 3.05) is 42.2 Å². The van der Waals surface area contributed by atoms with Gasteiger partial charge in [0.25, 0.3) is 20.2 Å². The van der Waals surface area contributed by atoms with E-state index in [2.05, 4.69) is 61.7 Å². The maximum atomic E-state index is 12.4. The van der Waals surface area contributed by atoms with Crippen molar-refractivity contribution in [2.24, 2.45) is 0 Å². The van der Waals surface area contributed by atoms with Crippen LogP contribution in [0.2, 0.25) is 0 Å². The number of aromatic nitrogens is 4. The van der Waals surface area contributed by atoms with E-state index in [0.717, 1.165) is 56.6 Å². The van der Waals surface area contributed by atoms with Crippen molar-refractivity contribution in [2.45, 2.75) is 37.9 Å². The molecule has 268 valence electrons. The summed E-state index contributed by atoms with van der Waals surface area (Å²) in [5.41, 5.74) is 11.3. The third kappa shape index (κ3) is 6.82. The van der Waals surface area contributed by atoms with Crippen LogP contribution in [0.1, 0.15) is 16.7 Å². The third-order valence-corrected chi connectivity index (χ3v) is 11.4. The molecule has 3 aromatic carbocycles. The minimum absolute atomic E-state index is 0.197. The van der Waals surface area contributed by atoms with Gasteiger partial charge in [0.15, 0.2) is 0 Å². The van der Waals surface area contributed by atoms with E-state index in [-0.39, 0.29) is 17.1 Å². The molecule has 12 nitrogen and oxygen atoms in total. The predicted molar refractivity (Wildman–Crippen MR) is 202 cm³/mol. The summed E-state index contributed by atoms with van der Waals surface area (Å²) >= 11 is 0. The van der Waals surface area contributed by atoms with Crippen LogP contribution in [0.15, 0.2) is 102 Å². The molecule has 0 saturated carbocycles. The lowest BCUT2D eigenvalue weighted by Gasteiger charge is -2.39. The van der Waals surface area contributed by atoms with Crippen LogP contribution in [0.25, 0.3) is 33.4 Å². The number of pyridine rings is 2. The summed E-state index contributed by atoms with van der Waals surface area (Å²) < 4.78 is 61.7. The van der Waals surface area contributed by atoms with Crippen molar-refractivity contribution >= 4 is 65.0 Å². The minimum Gasteiger partial charge on any atom is -0.366 e. The Hall–Kier alpha value is -5.02. The van der Waals surface area contributed by atoms with Gasteiger partial charge in [-0.05, 0) is 80.4 Å². The number of rotatable bonds is 7. The molecule has 0 spiro atoms. The molecule has 14 heteroatoms. The van der Waals surface area contributed by atoms with E-state index < -0.39 is 20.2 Å². The molecule has 4 aromatic heterocycles. The first kappa shape index (κ1) is 34.1. The lowest BCUT2D eigenvalue weighted by Crippen LogP contribution is -2.53. The Labute approximate surface area is 302 Å². The zero-order chi connectivity index (χ0) is 36.4. The number of imidazole rings is 2. The molecule has 6 heterocycles. The fourth-order valence-corrected chi connectivity index (χ4v) is 8.30. The van der Waals surface area contributed by atoms with Crippen molar-refractivity contribution < 1.29 is 25.2 Å². The first-order chi connectivity index (χ1) is 24.8. The summed E-state index contributed by atoms with van der Waals surface area (Å²) in [4.78, 5) is 13.7. The molecule has 9 rings (SSSR count). The van der Waals surface area contributed by atoms with E-state index in [9.17, 15) is 16.8 Å². The van der Waals surface area contributed by atoms with Crippen LogP contribution < -0.4 is 9.80 Å². The summed E-state index contributed by atoms with van der Waals surface area (Å²) in [5, 5.41) is 0. The van der Waals surface area contributed by atoms with Crippen molar-refractivity contribution in [1.82, 2.24) is 18.8 Å². The SMILES string of the molecule is Cc1ccc(S(=O)(=O)OC2CN(c3ccn4c(c3)nc3ccc(C)cc34)C2)cc1.Cc1ccc2nc3cc(N4CC(OS(C)(=O)=O)C4)ccn3c2c1. The fraction of sp³-hybridized carbons (Fsp3) is 0.263. The normalized spacial score (nSPS) is 15.6. The molecule has 0 N–H and O–H groups in total. The fourth-order valence-electron chi connectivity index (χ4n) is 6.62. The van der Waals surface area contributed by atoms with Gasteiger partial charge in [0.2, 0.25) is 0 Å². The van der Waals surface area contributed by atoms with E-state index in [1.54, 1.807) is 24.3 Å². The second-order valence-electron chi connectivity index (χ2n) is 13.7. The Kier molecular flexibility index (Phi) is 8.44. The van der Waals surface area contributed by atoms with Gasteiger partial charge in [-0.1, -0.05) is 29.8 Å². The molecule has 2 fully saturated rings. The van der Waals surface area contributed by atoms with Gasteiger partial charge in [-0.15, -0.1) is 0 Å². The van der Waals surface area contributed by atoms with E-state index in [0.29, 0.717) is 26.2 Å². The Morgan fingerprint density at radius 3 is 1.48 bits per heavy atom.